The first-order chi connectivity index (χ1) is 11.4. The quantitative estimate of drug-likeness (QED) is 0.686. The fourth-order valence-corrected chi connectivity index (χ4v) is 4.28. The lowest BCUT2D eigenvalue weighted by Crippen LogP contribution is -3.19. The number of sulfonamides is 1. The predicted molar refractivity (Wildman–Crippen MR) is 93.6 cm³/mol. The van der Waals surface area contributed by atoms with Gasteiger partial charge in [0.1, 0.15) is 0 Å². The highest BCUT2D eigenvalue weighted by Gasteiger charge is 2.34. The Morgan fingerprint density at radius 1 is 1.38 bits per heavy atom. The summed E-state index contributed by atoms with van der Waals surface area (Å²) in [4.78, 5) is 13.3. The molecule has 1 saturated heterocycles. The maximum atomic E-state index is 12.6. The number of amides is 1. The van der Waals surface area contributed by atoms with Crippen LogP contribution >= 0.6 is 11.6 Å². The zero-order valence-electron chi connectivity index (χ0n) is 13.7. The van der Waals surface area contributed by atoms with Crippen molar-refractivity contribution in [3.8, 4) is 0 Å². The summed E-state index contributed by atoms with van der Waals surface area (Å²) in [6, 6.07) is 5.96. The van der Waals surface area contributed by atoms with Crippen LogP contribution in [0.4, 0.5) is 0 Å². The number of nitrogens with zero attached hydrogens (tertiary/aromatic N) is 1. The van der Waals surface area contributed by atoms with Crippen LogP contribution in [0.5, 0.6) is 0 Å². The van der Waals surface area contributed by atoms with E-state index in [9.17, 15) is 13.2 Å². The molecule has 1 atom stereocenters. The number of hydrogen-bond donors (Lipinski definition) is 2. The third kappa shape index (κ3) is 4.36. The monoisotopic (exact) mass is 372 g/mol. The summed E-state index contributed by atoms with van der Waals surface area (Å²) in [5.74, 6) is -0.0427. The third-order valence-corrected chi connectivity index (χ3v) is 6.41. The topological polar surface area (TPSA) is 70.9 Å². The fourth-order valence-electron chi connectivity index (χ4n) is 2.71. The second kappa shape index (κ2) is 8.11. The number of nitrogens with one attached hydrogen (secondary N) is 2. The number of piperazine rings is 1. The molecule has 1 heterocycles. The van der Waals surface area contributed by atoms with Gasteiger partial charge in [-0.25, -0.2) is 8.42 Å². The number of hydrogen-bond acceptors (Lipinski definition) is 3. The van der Waals surface area contributed by atoms with Crippen LogP contribution in [0.1, 0.15) is 6.92 Å². The number of halogens is 1. The van der Waals surface area contributed by atoms with Crippen molar-refractivity contribution in [1.82, 2.24) is 9.62 Å². The molecular formula is C16H23ClN3O3S+. The van der Waals surface area contributed by atoms with Gasteiger partial charge < -0.3 is 10.2 Å². The molecule has 1 aliphatic rings. The molecule has 0 aromatic heterocycles. The van der Waals surface area contributed by atoms with E-state index in [-0.39, 0.29) is 16.8 Å². The van der Waals surface area contributed by atoms with Crippen molar-refractivity contribution in [2.45, 2.75) is 17.9 Å². The highest BCUT2D eigenvalue weighted by molar-refractivity contribution is 7.89. The van der Waals surface area contributed by atoms with Crippen molar-refractivity contribution in [3.63, 3.8) is 0 Å². The Morgan fingerprint density at radius 3 is 2.50 bits per heavy atom. The van der Waals surface area contributed by atoms with Crippen molar-refractivity contribution in [3.05, 3.63) is 41.9 Å². The Hall–Kier alpha value is -1.41. The van der Waals surface area contributed by atoms with Crippen LogP contribution in [0.25, 0.3) is 0 Å². The standard InChI is InChI=1S/C16H22ClN3O3S/c1-3-8-18-16(21)13(2)19-9-11-20(12-10-19)24(22,23)15-6-4-14(17)5-7-15/h3-7,13H,1,8-12H2,2H3,(H,18,21)/p+1/t13-/m1/s1. The zero-order chi connectivity index (χ0) is 17.7. The SMILES string of the molecule is C=CCNC(=O)[C@@H](C)[NH+]1CCN(S(=O)(=O)c2ccc(Cl)cc2)CC1. The lowest BCUT2D eigenvalue weighted by Gasteiger charge is -2.34. The number of carbonyl (C=O) groups is 1. The lowest BCUT2D eigenvalue weighted by atomic mass is 10.2. The Labute approximate surface area is 148 Å². The first-order valence-corrected chi connectivity index (χ1v) is 9.67. The summed E-state index contributed by atoms with van der Waals surface area (Å²) >= 11 is 5.81. The first-order valence-electron chi connectivity index (χ1n) is 7.85. The van der Waals surface area contributed by atoms with Crippen molar-refractivity contribution < 1.29 is 18.1 Å². The molecule has 0 radical (unpaired) electrons. The van der Waals surface area contributed by atoms with Gasteiger partial charge in [-0.05, 0) is 31.2 Å². The van der Waals surface area contributed by atoms with Gasteiger partial charge in [0.05, 0.1) is 31.1 Å². The number of quaternary nitrogens is 1. The minimum atomic E-state index is -3.51. The molecule has 2 rings (SSSR count). The Balaban J connectivity index is 1.98. The van der Waals surface area contributed by atoms with Crippen molar-refractivity contribution in [2.24, 2.45) is 0 Å². The second-order valence-electron chi connectivity index (χ2n) is 5.77. The molecule has 1 amide bonds. The number of benzene rings is 1. The van der Waals surface area contributed by atoms with Gasteiger partial charge in [0.25, 0.3) is 5.91 Å². The smallest absolute Gasteiger partial charge is 0.278 e. The zero-order valence-corrected chi connectivity index (χ0v) is 15.2. The van der Waals surface area contributed by atoms with Crippen LogP contribution in [0.2, 0.25) is 5.02 Å². The Morgan fingerprint density at radius 2 is 1.96 bits per heavy atom. The number of carbonyl (C=O) groups excluding carboxylic acids is 1. The largest absolute Gasteiger partial charge is 0.347 e. The molecule has 6 nitrogen and oxygen atoms in total. The molecule has 1 aromatic carbocycles. The average molecular weight is 373 g/mol. The summed E-state index contributed by atoms with van der Waals surface area (Å²) in [6.45, 7) is 7.83. The van der Waals surface area contributed by atoms with Crippen LogP contribution in [-0.4, -0.2) is 57.4 Å². The van der Waals surface area contributed by atoms with Crippen molar-refractivity contribution >= 4 is 27.5 Å². The van der Waals surface area contributed by atoms with Gasteiger partial charge in [0, 0.05) is 11.6 Å². The van der Waals surface area contributed by atoms with E-state index < -0.39 is 10.0 Å². The summed E-state index contributed by atoms with van der Waals surface area (Å²) in [5.41, 5.74) is 0. The highest BCUT2D eigenvalue weighted by atomic mass is 35.5. The molecule has 0 unspecified atom stereocenters. The number of rotatable bonds is 6. The van der Waals surface area contributed by atoms with E-state index >= 15 is 0 Å². The molecule has 0 bridgehead atoms. The lowest BCUT2D eigenvalue weighted by molar-refractivity contribution is -0.917. The predicted octanol–water partition coefficient (Wildman–Crippen LogP) is -0.0801. The molecule has 24 heavy (non-hydrogen) atoms. The van der Waals surface area contributed by atoms with E-state index in [1.54, 1.807) is 18.2 Å². The highest BCUT2D eigenvalue weighted by Crippen LogP contribution is 2.18. The maximum Gasteiger partial charge on any atom is 0.278 e. The van der Waals surface area contributed by atoms with Gasteiger partial charge >= 0.3 is 0 Å². The van der Waals surface area contributed by atoms with E-state index in [0.717, 1.165) is 4.90 Å². The molecule has 0 aliphatic carbocycles. The normalized spacial score (nSPS) is 18.1. The summed E-state index contributed by atoms with van der Waals surface area (Å²) in [7, 11) is -3.51. The first kappa shape index (κ1) is 18.9. The average Bonchev–Trinajstić information content (AvgIpc) is 2.59. The van der Waals surface area contributed by atoms with E-state index in [0.29, 0.717) is 37.7 Å². The van der Waals surface area contributed by atoms with Crippen LogP contribution in [0.15, 0.2) is 41.8 Å². The molecule has 132 valence electrons. The molecule has 8 heteroatoms. The van der Waals surface area contributed by atoms with Gasteiger partial charge in [-0.1, -0.05) is 17.7 Å². The minimum absolute atomic E-state index is 0.0427. The van der Waals surface area contributed by atoms with Crippen molar-refractivity contribution in [2.75, 3.05) is 32.7 Å². The maximum absolute atomic E-state index is 12.6. The molecule has 1 aliphatic heterocycles. The Bertz CT molecular complexity index is 683. The Kier molecular flexibility index (Phi) is 6.40. The van der Waals surface area contributed by atoms with E-state index in [2.05, 4.69) is 11.9 Å². The van der Waals surface area contributed by atoms with Gasteiger partial charge in [-0.3, -0.25) is 4.79 Å². The molecule has 0 spiro atoms. The molecule has 2 N–H and O–H groups in total. The van der Waals surface area contributed by atoms with Crippen molar-refractivity contribution in [1.29, 1.82) is 0 Å². The molecule has 0 saturated carbocycles. The fraction of sp³-hybridized carbons (Fsp3) is 0.438. The van der Waals surface area contributed by atoms with Gasteiger partial charge in [0.2, 0.25) is 10.0 Å². The molecular weight excluding hydrogens is 350 g/mol. The van der Waals surface area contributed by atoms with E-state index in [1.807, 2.05) is 6.92 Å². The van der Waals surface area contributed by atoms with Crippen LogP contribution < -0.4 is 10.2 Å². The summed E-state index contributed by atoms with van der Waals surface area (Å²) < 4.78 is 26.7. The second-order valence-corrected chi connectivity index (χ2v) is 8.15. The third-order valence-electron chi connectivity index (χ3n) is 4.24. The summed E-state index contributed by atoms with van der Waals surface area (Å²) in [5, 5.41) is 3.28. The van der Waals surface area contributed by atoms with Crippen LogP contribution in [0, 0.1) is 0 Å². The minimum Gasteiger partial charge on any atom is -0.347 e. The van der Waals surface area contributed by atoms with E-state index in [4.69, 9.17) is 11.6 Å². The molecule has 1 fully saturated rings. The van der Waals surface area contributed by atoms with Gasteiger partial charge in [-0.15, -0.1) is 6.58 Å². The molecule has 1 aromatic rings. The summed E-state index contributed by atoms with van der Waals surface area (Å²) in [6.07, 6.45) is 1.64. The van der Waals surface area contributed by atoms with Crippen LogP contribution in [-0.2, 0) is 14.8 Å². The van der Waals surface area contributed by atoms with Gasteiger partial charge in [0.15, 0.2) is 6.04 Å². The van der Waals surface area contributed by atoms with E-state index in [1.165, 1.54) is 16.4 Å². The van der Waals surface area contributed by atoms with Gasteiger partial charge in [-0.2, -0.15) is 4.31 Å². The van der Waals surface area contributed by atoms with Crippen LogP contribution in [0.3, 0.4) is 0 Å².